The smallest absolute Gasteiger partial charge is 0.263 e. The summed E-state index contributed by atoms with van der Waals surface area (Å²) in [5, 5.41) is 17.5. The molecular formula is C22H17N5O4S2. The SMILES string of the molecule is Cc1cc(NS(=O)(=O)c2ccc(Nc3nc(O)c(/C=C4\C=Nc5ccccc54)s3)cc2)no1. The van der Waals surface area contributed by atoms with Gasteiger partial charge in [0.1, 0.15) is 5.76 Å². The number of allylic oxidation sites excluding steroid dienone is 1. The lowest BCUT2D eigenvalue weighted by atomic mass is 10.1. The van der Waals surface area contributed by atoms with Crippen LogP contribution in [0.4, 0.5) is 22.3 Å². The highest BCUT2D eigenvalue weighted by Crippen LogP contribution is 2.37. The standard InChI is InChI=1S/C22H17N5O4S2/c1-13-10-20(26-31-13)27-33(29,30)16-8-6-15(7-9-16)24-22-25-21(28)19(32-22)11-14-12-23-18-5-3-2-4-17(14)18/h2-12,28H,1H3,(H,24,25)(H,26,27)/b14-11+. The predicted molar refractivity (Wildman–Crippen MR) is 128 cm³/mol. The molecule has 0 bridgehead atoms. The predicted octanol–water partition coefficient (Wildman–Crippen LogP) is 4.95. The Morgan fingerprint density at radius 3 is 2.67 bits per heavy atom. The zero-order chi connectivity index (χ0) is 23.0. The van der Waals surface area contributed by atoms with Gasteiger partial charge in [-0.15, -0.1) is 0 Å². The largest absolute Gasteiger partial charge is 0.492 e. The fourth-order valence-electron chi connectivity index (χ4n) is 3.22. The number of fused-ring (bicyclic) bond motifs is 1. The van der Waals surface area contributed by atoms with Crippen molar-refractivity contribution in [1.82, 2.24) is 10.1 Å². The van der Waals surface area contributed by atoms with Gasteiger partial charge in [-0.25, -0.2) is 8.42 Å². The van der Waals surface area contributed by atoms with E-state index in [9.17, 15) is 13.5 Å². The van der Waals surface area contributed by atoms with E-state index in [1.165, 1.54) is 29.5 Å². The maximum absolute atomic E-state index is 12.5. The summed E-state index contributed by atoms with van der Waals surface area (Å²) in [6.45, 7) is 1.67. The normalized spacial score (nSPS) is 13.9. The summed E-state index contributed by atoms with van der Waals surface area (Å²) in [5.74, 6) is 0.516. The van der Waals surface area contributed by atoms with Crippen LogP contribution in [0.25, 0.3) is 11.6 Å². The Morgan fingerprint density at radius 2 is 1.91 bits per heavy atom. The highest BCUT2D eigenvalue weighted by Gasteiger charge is 2.17. The summed E-state index contributed by atoms with van der Waals surface area (Å²) >= 11 is 1.27. The van der Waals surface area contributed by atoms with E-state index in [0.29, 0.717) is 21.5 Å². The quantitative estimate of drug-likeness (QED) is 0.357. The van der Waals surface area contributed by atoms with Crippen molar-refractivity contribution in [1.29, 1.82) is 0 Å². The van der Waals surface area contributed by atoms with Crippen LogP contribution < -0.4 is 10.0 Å². The third-order valence-corrected chi connectivity index (χ3v) is 7.04. The van der Waals surface area contributed by atoms with Gasteiger partial charge in [0, 0.05) is 29.1 Å². The molecule has 11 heteroatoms. The van der Waals surface area contributed by atoms with Crippen LogP contribution in [0.1, 0.15) is 16.2 Å². The summed E-state index contributed by atoms with van der Waals surface area (Å²) in [5.41, 5.74) is 3.38. The molecule has 3 heterocycles. The van der Waals surface area contributed by atoms with E-state index in [1.54, 1.807) is 25.3 Å². The molecule has 0 fully saturated rings. The average Bonchev–Trinajstić information content (AvgIpc) is 3.48. The molecule has 9 nitrogen and oxygen atoms in total. The van der Waals surface area contributed by atoms with Crippen LogP contribution in [0, 0.1) is 6.92 Å². The highest BCUT2D eigenvalue weighted by molar-refractivity contribution is 7.92. The molecule has 3 N–H and O–H groups in total. The van der Waals surface area contributed by atoms with Gasteiger partial charge in [-0.05, 0) is 43.3 Å². The van der Waals surface area contributed by atoms with Gasteiger partial charge in [0.15, 0.2) is 10.9 Å². The van der Waals surface area contributed by atoms with Gasteiger partial charge >= 0.3 is 0 Å². The first kappa shape index (κ1) is 20.9. The van der Waals surface area contributed by atoms with E-state index in [2.05, 4.69) is 25.2 Å². The fraction of sp³-hybridized carbons (Fsp3) is 0.0455. The fourth-order valence-corrected chi connectivity index (χ4v) is 5.03. The number of aromatic hydroxyl groups is 1. The van der Waals surface area contributed by atoms with Crippen LogP contribution in [0.3, 0.4) is 0 Å². The number of nitrogens with zero attached hydrogens (tertiary/aromatic N) is 3. The Bertz CT molecular complexity index is 1500. The molecular weight excluding hydrogens is 462 g/mol. The number of aromatic nitrogens is 2. The number of benzene rings is 2. The van der Waals surface area contributed by atoms with E-state index in [0.717, 1.165) is 16.8 Å². The van der Waals surface area contributed by atoms with Gasteiger partial charge in [-0.3, -0.25) is 9.71 Å². The van der Waals surface area contributed by atoms with Gasteiger partial charge in [0.2, 0.25) is 5.88 Å². The van der Waals surface area contributed by atoms with Crippen LogP contribution >= 0.6 is 11.3 Å². The Balaban J connectivity index is 1.32. The Hall–Kier alpha value is -3.96. The van der Waals surface area contributed by atoms with Crippen molar-refractivity contribution < 1.29 is 18.0 Å². The number of rotatable bonds is 6. The van der Waals surface area contributed by atoms with Crippen molar-refractivity contribution in [2.45, 2.75) is 11.8 Å². The molecule has 5 rings (SSSR count). The number of anilines is 3. The molecule has 2 aromatic carbocycles. The molecule has 0 unspecified atom stereocenters. The molecule has 2 aromatic heterocycles. The molecule has 0 radical (unpaired) electrons. The molecule has 1 aliphatic heterocycles. The van der Waals surface area contributed by atoms with Crippen molar-refractivity contribution >= 4 is 61.5 Å². The molecule has 1 aliphatic rings. The second-order valence-corrected chi connectivity index (χ2v) is 9.87. The zero-order valence-electron chi connectivity index (χ0n) is 17.2. The Morgan fingerprint density at radius 1 is 1.12 bits per heavy atom. The maximum Gasteiger partial charge on any atom is 0.263 e. The van der Waals surface area contributed by atoms with E-state index in [1.807, 2.05) is 30.3 Å². The molecule has 0 spiro atoms. The lowest BCUT2D eigenvalue weighted by molar-refractivity contribution is 0.400. The summed E-state index contributed by atoms with van der Waals surface area (Å²) < 4.78 is 32.3. The first-order valence-electron chi connectivity index (χ1n) is 9.75. The summed E-state index contributed by atoms with van der Waals surface area (Å²) in [6, 6.07) is 15.4. The third-order valence-electron chi connectivity index (χ3n) is 4.76. The van der Waals surface area contributed by atoms with Gasteiger partial charge in [-0.2, -0.15) is 4.98 Å². The second kappa shape index (κ2) is 8.19. The lowest BCUT2D eigenvalue weighted by Crippen LogP contribution is -2.13. The van der Waals surface area contributed by atoms with E-state index in [-0.39, 0.29) is 16.6 Å². The van der Waals surface area contributed by atoms with Gasteiger partial charge < -0.3 is 14.9 Å². The summed E-state index contributed by atoms with van der Waals surface area (Å²) in [7, 11) is -3.80. The van der Waals surface area contributed by atoms with Crippen LogP contribution in [0.15, 0.2) is 69.0 Å². The number of hydrogen-bond donors (Lipinski definition) is 3. The van der Waals surface area contributed by atoms with Crippen molar-refractivity contribution in [2.24, 2.45) is 4.99 Å². The summed E-state index contributed by atoms with van der Waals surface area (Å²) in [4.78, 5) is 9.18. The number of para-hydroxylation sites is 1. The Labute approximate surface area is 193 Å². The minimum absolute atomic E-state index is 0.0697. The first-order chi connectivity index (χ1) is 15.9. The monoisotopic (exact) mass is 479 g/mol. The molecule has 0 atom stereocenters. The van der Waals surface area contributed by atoms with Crippen molar-refractivity contribution in [3.8, 4) is 5.88 Å². The van der Waals surface area contributed by atoms with E-state index < -0.39 is 10.0 Å². The van der Waals surface area contributed by atoms with Gasteiger partial charge in [-0.1, -0.05) is 34.7 Å². The summed E-state index contributed by atoms with van der Waals surface area (Å²) in [6.07, 6.45) is 3.59. The topological polar surface area (TPSA) is 130 Å². The minimum Gasteiger partial charge on any atom is -0.492 e. The molecule has 33 heavy (non-hydrogen) atoms. The molecule has 0 amide bonds. The van der Waals surface area contributed by atoms with Gasteiger partial charge in [0.25, 0.3) is 10.0 Å². The maximum atomic E-state index is 12.5. The Kier molecular flexibility index (Phi) is 5.19. The second-order valence-electron chi connectivity index (χ2n) is 7.16. The number of aliphatic imine (C=N–C) groups is 1. The van der Waals surface area contributed by atoms with Crippen LogP contribution in [-0.2, 0) is 10.0 Å². The van der Waals surface area contributed by atoms with E-state index >= 15 is 0 Å². The number of thiazole rings is 1. The molecule has 166 valence electrons. The number of hydrogen-bond acceptors (Lipinski definition) is 9. The molecule has 4 aromatic rings. The zero-order valence-corrected chi connectivity index (χ0v) is 18.8. The number of nitrogens with one attached hydrogen (secondary N) is 2. The first-order valence-corrected chi connectivity index (χ1v) is 12.1. The minimum atomic E-state index is -3.80. The highest BCUT2D eigenvalue weighted by atomic mass is 32.2. The molecule has 0 saturated carbocycles. The van der Waals surface area contributed by atoms with Crippen molar-refractivity contribution in [2.75, 3.05) is 10.0 Å². The third kappa shape index (κ3) is 4.36. The van der Waals surface area contributed by atoms with Crippen LogP contribution in [-0.4, -0.2) is 29.9 Å². The van der Waals surface area contributed by atoms with E-state index in [4.69, 9.17) is 4.52 Å². The van der Waals surface area contributed by atoms with Gasteiger partial charge in [0.05, 0.1) is 15.5 Å². The molecule has 0 saturated heterocycles. The number of sulfonamides is 1. The van der Waals surface area contributed by atoms with Crippen molar-refractivity contribution in [3.05, 3.63) is 70.8 Å². The average molecular weight is 480 g/mol. The van der Waals surface area contributed by atoms with Crippen molar-refractivity contribution in [3.63, 3.8) is 0 Å². The lowest BCUT2D eigenvalue weighted by Gasteiger charge is -2.06. The number of aryl methyl sites for hydroxylation is 1. The van der Waals surface area contributed by atoms with Crippen LogP contribution in [0.2, 0.25) is 0 Å². The molecule has 0 aliphatic carbocycles. The van der Waals surface area contributed by atoms with Crippen LogP contribution in [0.5, 0.6) is 5.88 Å².